The number of ether oxygens (including phenoxy) is 1. The van der Waals surface area contributed by atoms with E-state index in [4.69, 9.17) is 0 Å². The SMILES string of the molecule is COC(=O)CNC1=NCCC1. The number of hydrogen-bond donors (Lipinski definition) is 1. The molecule has 1 aliphatic rings. The van der Waals surface area contributed by atoms with E-state index in [0.29, 0.717) is 0 Å². The van der Waals surface area contributed by atoms with Crippen LogP contribution >= 0.6 is 0 Å². The minimum Gasteiger partial charge on any atom is -0.468 e. The van der Waals surface area contributed by atoms with Crippen molar-refractivity contribution in [3.63, 3.8) is 0 Å². The summed E-state index contributed by atoms with van der Waals surface area (Å²) in [6.07, 6.45) is 2.04. The maximum absolute atomic E-state index is 10.6. The number of methoxy groups -OCH3 is 1. The molecule has 0 atom stereocenters. The second kappa shape index (κ2) is 3.95. The summed E-state index contributed by atoms with van der Waals surface area (Å²) in [5, 5.41) is 2.91. The van der Waals surface area contributed by atoms with Gasteiger partial charge in [-0.15, -0.1) is 0 Å². The lowest BCUT2D eigenvalue weighted by Gasteiger charge is -2.02. The molecule has 0 aliphatic carbocycles. The van der Waals surface area contributed by atoms with E-state index in [9.17, 15) is 4.79 Å². The van der Waals surface area contributed by atoms with Crippen LogP contribution in [0.4, 0.5) is 0 Å². The predicted octanol–water partition coefficient (Wildman–Crippen LogP) is -0.0587. The maximum Gasteiger partial charge on any atom is 0.325 e. The van der Waals surface area contributed by atoms with Crippen LogP contribution in [0, 0.1) is 0 Å². The molecule has 62 valence electrons. The van der Waals surface area contributed by atoms with Gasteiger partial charge in [-0.1, -0.05) is 0 Å². The third-order valence-electron chi connectivity index (χ3n) is 1.54. The van der Waals surface area contributed by atoms with Crippen molar-refractivity contribution in [2.24, 2.45) is 4.99 Å². The number of esters is 1. The Bertz CT molecular complexity index is 177. The summed E-state index contributed by atoms with van der Waals surface area (Å²) >= 11 is 0. The number of hydrogen-bond acceptors (Lipinski definition) is 4. The molecule has 4 heteroatoms. The van der Waals surface area contributed by atoms with Crippen molar-refractivity contribution < 1.29 is 9.53 Å². The highest BCUT2D eigenvalue weighted by Crippen LogP contribution is 2.00. The monoisotopic (exact) mass is 156 g/mol. The highest BCUT2D eigenvalue weighted by Gasteiger charge is 2.06. The molecule has 0 unspecified atom stereocenters. The molecule has 1 N–H and O–H groups in total. The van der Waals surface area contributed by atoms with E-state index in [1.54, 1.807) is 0 Å². The molecule has 11 heavy (non-hydrogen) atoms. The van der Waals surface area contributed by atoms with Crippen LogP contribution in [0.5, 0.6) is 0 Å². The molecule has 1 aliphatic heterocycles. The predicted molar refractivity (Wildman–Crippen MR) is 41.6 cm³/mol. The lowest BCUT2D eigenvalue weighted by Crippen LogP contribution is -2.28. The first kappa shape index (κ1) is 8.04. The zero-order chi connectivity index (χ0) is 8.10. The Morgan fingerprint density at radius 3 is 3.18 bits per heavy atom. The van der Waals surface area contributed by atoms with Crippen LogP contribution in [-0.4, -0.2) is 32.0 Å². The standard InChI is InChI=1S/C7H12N2O2/c1-11-7(10)5-9-6-3-2-4-8-6/h2-5H2,1H3,(H,8,9). The Labute approximate surface area is 65.6 Å². The Kier molecular flexibility index (Phi) is 2.89. The minimum absolute atomic E-state index is 0.231. The van der Waals surface area contributed by atoms with Crippen LogP contribution in [-0.2, 0) is 9.53 Å². The molecule has 0 saturated carbocycles. The van der Waals surface area contributed by atoms with Gasteiger partial charge in [-0.2, -0.15) is 0 Å². The Morgan fingerprint density at radius 1 is 1.82 bits per heavy atom. The summed E-state index contributed by atoms with van der Waals surface area (Å²) in [4.78, 5) is 14.8. The van der Waals surface area contributed by atoms with Gasteiger partial charge in [0.1, 0.15) is 6.54 Å². The zero-order valence-electron chi connectivity index (χ0n) is 6.59. The third kappa shape index (κ3) is 2.57. The van der Waals surface area contributed by atoms with Gasteiger partial charge in [-0.3, -0.25) is 9.79 Å². The van der Waals surface area contributed by atoms with E-state index in [0.717, 1.165) is 25.2 Å². The Hall–Kier alpha value is -1.06. The zero-order valence-corrected chi connectivity index (χ0v) is 6.59. The van der Waals surface area contributed by atoms with Gasteiger partial charge in [-0.25, -0.2) is 0 Å². The molecule has 4 nitrogen and oxygen atoms in total. The van der Waals surface area contributed by atoms with Crippen LogP contribution in [0.15, 0.2) is 4.99 Å². The second-order valence-corrected chi connectivity index (χ2v) is 2.36. The van der Waals surface area contributed by atoms with Gasteiger partial charge in [0.2, 0.25) is 0 Å². The fraction of sp³-hybridized carbons (Fsp3) is 0.714. The second-order valence-electron chi connectivity index (χ2n) is 2.36. The lowest BCUT2D eigenvalue weighted by molar-refractivity contribution is -0.139. The summed E-state index contributed by atoms with van der Waals surface area (Å²) in [7, 11) is 1.38. The molecule has 0 radical (unpaired) electrons. The van der Waals surface area contributed by atoms with Crippen LogP contribution in [0.25, 0.3) is 0 Å². The fourth-order valence-corrected chi connectivity index (χ4v) is 0.930. The molecular formula is C7H12N2O2. The first-order valence-corrected chi connectivity index (χ1v) is 3.67. The number of aliphatic imine (C=N–C) groups is 1. The first-order chi connectivity index (χ1) is 5.33. The van der Waals surface area contributed by atoms with Gasteiger partial charge in [0.25, 0.3) is 0 Å². The molecule has 0 aromatic rings. The van der Waals surface area contributed by atoms with E-state index in [1.807, 2.05) is 0 Å². The van der Waals surface area contributed by atoms with Crippen molar-refractivity contribution in [1.82, 2.24) is 5.32 Å². The largest absolute Gasteiger partial charge is 0.468 e. The van der Waals surface area contributed by atoms with E-state index in [2.05, 4.69) is 15.0 Å². The van der Waals surface area contributed by atoms with Crippen molar-refractivity contribution in [3.8, 4) is 0 Å². The number of rotatable bonds is 2. The van der Waals surface area contributed by atoms with Gasteiger partial charge in [-0.05, 0) is 6.42 Å². The molecule has 0 saturated heterocycles. The van der Waals surface area contributed by atoms with Gasteiger partial charge in [0.15, 0.2) is 0 Å². The topological polar surface area (TPSA) is 50.7 Å². The average molecular weight is 156 g/mol. The highest BCUT2D eigenvalue weighted by atomic mass is 16.5. The van der Waals surface area contributed by atoms with Crippen LogP contribution in [0.1, 0.15) is 12.8 Å². The van der Waals surface area contributed by atoms with Crippen LogP contribution < -0.4 is 5.32 Å². The molecule has 0 fully saturated rings. The van der Waals surface area contributed by atoms with E-state index >= 15 is 0 Å². The normalized spacial score (nSPS) is 15.9. The summed E-state index contributed by atoms with van der Waals surface area (Å²) in [5.41, 5.74) is 0. The van der Waals surface area contributed by atoms with Gasteiger partial charge < -0.3 is 10.1 Å². The summed E-state index contributed by atoms with van der Waals surface area (Å²) in [6.45, 7) is 1.11. The number of carbonyl (C=O) groups excluding carboxylic acids is 1. The summed E-state index contributed by atoms with van der Waals surface area (Å²) < 4.78 is 4.45. The van der Waals surface area contributed by atoms with Crippen molar-refractivity contribution in [3.05, 3.63) is 0 Å². The number of amidine groups is 1. The Balaban J connectivity index is 2.16. The Morgan fingerprint density at radius 2 is 2.64 bits per heavy atom. The molecule has 0 bridgehead atoms. The first-order valence-electron chi connectivity index (χ1n) is 3.67. The van der Waals surface area contributed by atoms with Gasteiger partial charge in [0.05, 0.1) is 12.9 Å². The highest BCUT2D eigenvalue weighted by molar-refractivity contribution is 5.86. The number of nitrogens with zero attached hydrogens (tertiary/aromatic N) is 1. The molecule has 1 heterocycles. The van der Waals surface area contributed by atoms with Crippen LogP contribution in [0.2, 0.25) is 0 Å². The number of nitrogens with one attached hydrogen (secondary N) is 1. The third-order valence-corrected chi connectivity index (χ3v) is 1.54. The van der Waals surface area contributed by atoms with Gasteiger partial charge >= 0.3 is 5.97 Å². The molecule has 0 spiro atoms. The van der Waals surface area contributed by atoms with Crippen LogP contribution in [0.3, 0.4) is 0 Å². The van der Waals surface area contributed by atoms with E-state index < -0.39 is 0 Å². The van der Waals surface area contributed by atoms with Crippen molar-refractivity contribution in [1.29, 1.82) is 0 Å². The summed E-state index contributed by atoms with van der Waals surface area (Å²) in [5.74, 6) is 0.676. The summed E-state index contributed by atoms with van der Waals surface area (Å²) in [6, 6.07) is 0. The van der Waals surface area contributed by atoms with E-state index in [-0.39, 0.29) is 12.5 Å². The quantitative estimate of drug-likeness (QED) is 0.570. The molecule has 0 aromatic carbocycles. The van der Waals surface area contributed by atoms with Crippen molar-refractivity contribution in [2.45, 2.75) is 12.8 Å². The van der Waals surface area contributed by atoms with Gasteiger partial charge in [0, 0.05) is 13.0 Å². The fourth-order valence-electron chi connectivity index (χ4n) is 0.930. The minimum atomic E-state index is -0.250. The smallest absolute Gasteiger partial charge is 0.325 e. The molecule has 1 rings (SSSR count). The molecule has 0 aromatic heterocycles. The molecular weight excluding hydrogens is 144 g/mol. The van der Waals surface area contributed by atoms with E-state index in [1.165, 1.54) is 7.11 Å². The maximum atomic E-state index is 10.6. The van der Waals surface area contributed by atoms with Crippen molar-refractivity contribution in [2.75, 3.05) is 20.2 Å². The van der Waals surface area contributed by atoms with Crippen molar-refractivity contribution >= 4 is 11.8 Å². The molecule has 0 amide bonds. The number of carbonyl (C=O) groups is 1. The lowest BCUT2D eigenvalue weighted by atomic mass is 10.3. The average Bonchev–Trinajstić information content (AvgIpc) is 2.52.